The number of benzene rings is 1. The highest BCUT2D eigenvalue weighted by molar-refractivity contribution is 5.91. The van der Waals surface area contributed by atoms with Crippen LogP contribution >= 0.6 is 0 Å². The van der Waals surface area contributed by atoms with Gasteiger partial charge >= 0.3 is 12.1 Å². The fraction of sp³-hybridized carbons (Fsp3) is 0.667. The second-order valence-electron chi connectivity index (χ2n) is 11.5. The Hall–Kier alpha value is -2.62. The predicted molar refractivity (Wildman–Crippen MR) is 131 cm³/mol. The normalized spacial score (nSPS) is 25.9. The van der Waals surface area contributed by atoms with E-state index in [2.05, 4.69) is 60.2 Å². The van der Waals surface area contributed by atoms with Crippen molar-refractivity contribution in [3.63, 3.8) is 0 Å². The molecule has 0 aromatic heterocycles. The molecule has 204 valence electrons. The number of nitrogens with one attached hydrogen (secondary N) is 1. The van der Waals surface area contributed by atoms with Gasteiger partial charge in [-0.15, -0.1) is 0 Å². The summed E-state index contributed by atoms with van der Waals surface area (Å²) in [5.74, 6) is -1.06. The van der Waals surface area contributed by atoms with Crippen molar-refractivity contribution in [3.8, 4) is 0 Å². The maximum absolute atomic E-state index is 13.5. The molecule has 1 saturated carbocycles. The number of amides is 2. The number of piperidine rings is 1. The van der Waals surface area contributed by atoms with Gasteiger partial charge in [0.2, 0.25) is 11.8 Å². The molecule has 3 aliphatic heterocycles. The van der Waals surface area contributed by atoms with Crippen LogP contribution in [0.2, 0.25) is 0 Å². The maximum Gasteiger partial charge on any atom is 0.490 e. The Balaban J connectivity index is 0.000000405. The summed E-state index contributed by atoms with van der Waals surface area (Å²) in [5, 5.41) is 10.5. The highest BCUT2D eigenvalue weighted by atomic mass is 19.4. The Morgan fingerprint density at radius 2 is 1.65 bits per heavy atom. The summed E-state index contributed by atoms with van der Waals surface area (Å²) < 4.78 is 31.7. The minimum atomic E-state index is -5.08. The van der Waals surface area contributed by atoms with E-state index in [0.717, 1.165) is 58.4 Å². The summed E-state index contributed by atoms with van der Waals surface area (Å²) in [7, 11) is 0. The number of aliphatic carboxylic acids is 1. The number of halogens is 3. The average Bonchev–Trinajstić information content (AvgIpc) is 3.46. The first kappa shape index (κ1) is 27.4. The molecular weight excluding hydrogens is 487 g/mol. The van der Waals surface area contributed by atoms with E-state index in [4.69, 9.17) is 9.90 Å². The van der Waals surface area contributed by atoms with Gasteiger partial charge in [-0.1, -0.05) is 43.7 Å². The number of fused-ring (bicyclic) bond motifs is 2. The largest absolute Gasteiger partial charge is 0.490 e. The zero-order valence-corrected chi connectivity index (χ0v) is 21.6. The van der Waals surface area contributed by atoms with Gasteiger partial charge in [-0.25, -0.2) is 4.79 Å². The number of carbonyl (C=O) groups is 3. The smallest absolute Gasteiger partial charge is 0.475 e. The minimum Gasteiger partial charge on any atom is -0.475 e. The van der Waals surface area contributed by atoms with Crippen molar-refractivity contribution in [2.75, 3.05) is 32.7 Å². The Kier molecular flexibility index (Phi) is 7.35. The van der Waals surface area contributed by atoms with Crippen LogP contribution in [0.5, 0.6) is 0 Å². The Morgan fingerprint density at radius 1 is 1.08 bits per heavy atom. The van der Waals surface area contributed by atoms with Crippen molar-refractivity contribution < 1.29 is 32.7 Å². The number of hydrogen-bond acceptors (Lipinski definition) is 4. The van der Waals surface area contributed by atoms with E-state index in [1.165, 1.54) is 11.1 Å². The summed E-state index contributed by atoms with van der Waals surface area (Å²) in [6, 6.07) is 8.50. The Bertz CT molecular complexity index is 1030. The van der Waals surface area contributed by atoms with Gasteiger partial charge < -0.3 is 20.2 Å². The molecule has 1 spiro atoms. The molecule has 5 rings (SSSR count). The van der Waals surface area contributed by atoms with Gasteiger partial charge in [0.1, 0.15) is 0 Å². The number of likely N-dealkylation sites (tertiary alicyclic amines) is 2. The average molecular weight is 524 g/mol. The maximum atomic E-state index is 13.5. The molecule has 37 heavy (non-hydrogen) atoms. The predicted octanol–water partition coefficient (Wildman–Crippen LogP) is 3.35. The zero-order valence-electron chi connectivity index (χ0n) is 21.6. The molecule has 1 aromatic carbocycles. The van der Waals surface area contributed by atoms with Crippen molar-refractivity contribution in [3.05, 3.63) is 35.4 Å². The van der Waals surface area contributed by atoms with Gasteiger partial charge in [-0.3, -0.25) is 9.59 Å². The molecule has 3 saturated heterocycles. The van der Waals surface area contributed by atoms with Crippen LogP contribution in [-0.2, 0) is 19.8 Å². The lowest BCUT2D eigenvalue weighted by molar-refractivity contribution is -0.192. The molecular formula is C27H36F3N3O4. The van der Waals surface area contributed by atoms with E-state index in [0.29, 0.717) is 17.7 Å². The number of hydrogen-bond donors (Lipinski definition) is 2. The SMILES string of the molecule is Cc1ccc(C2(C(=O)N3CCC4(CC3)NC(=O)[C@@H]3CN(CC(C)C)C[C@@H]34)CC2)cc1.O=C(O)C(F)(F)F. The quantitative estimate of drug-likeness (QED) is 0.632. The second-order valence-corrected chi connectivity index (χ2v) is 11.5. The Morgan fingerprint density at radius 3 is 2.14 bits per heavy atom. The van der Waals surface area contributed by atoms with Gasteiger partial charge in [0.05, 0.1) is 11.3 Å². The molecule has 0 bridgehead atoms. The summed E-state index contributed by atoms with van der Waals surface area (Å²) in [6.07, 6.45) is -1.37. The number of carboxylic acid groups (broad SMARTS) is 1. The first-order valence-electron chi connectivity index (χ1n) is 13.0. The molecule has 2 atom stereocenters. The number of alkyl halides is 3. The van der Waals surface area contributed by atoms with Crippen LogP contribution < -0.4 is 5.32 Å². The first-order chi connectivity index (χ1) is 17.3. The summed E-state index contributed by atoms with van der Waals surface area (Å²) in [4.78, 5) is 39.7. The highest BCUT2D eigenvalue weighted by Gasteiger charge is 2.59. The lowest BCUT2D eigenvalue weighted by Crippen LogP contribution is -2.57. The molecule has 0 unspecified atom stereocenters. The van der Waals surface area contributed by atoms with Crippen LogP contribution in [0.25, 0.3) is 0 Å². The third kappa shape index (κ3) is 5.49. The topological polar surface area (TPSA) is 90.0 Å². The molecule has 10 heteroatoms. The monoisotopic (exact) mass is 523 g/mol. The standard InChI is InChI=1S/C25H35N3O2.C2HF3O2/c1-17(2)14-27-15-20-21(16-27)25(26-22(20)29)10-12-28(13-11-25)23(30)24(8-9-24)19-6-4-18(3)5-7-19;3-2(4,5)1(6)7/h4-7,17,20-21H,8-16H2,1-3H3,(H,26,29);(H,6,7)/t20-,21+;/m1./s1. The van der Waals surface area contributed by atoms with Crippen molar-refractivity contribution in [2.24, 2.45) is 17.8 Å². The van der Waals surface area contributed by atoms with Gasteiger partial charge in [0, 0.05) is 44.2 Å². The number of aryl methyl sites for hydroxylation is 1. The highest BCUT2D eigenvalue weighted by Crippen LogP contribution is 2.51. The summed E-state index contributed by atoms with van der Waals surface area (Å²) >= 11 is 0. The summed E-state index contributed by atoms with van der Waals surface area (Å²) in [5.41, 5.74) is 2.01. The third-order valence-corrected chi connectivity index (χ3v) is 8.39. The van der Waals surface area contributed by atoms with Gasteiger partial charge in [0.25, 0.3) is 0 Å². The van der Waals surface area contributed by atoms with Gasteiger partial charge in [0.15, 0.2) is 0 Å². The number of carbonyl (C=O) groups excluding carboxylic acids is 2. The lowest BCUT2D eigenvalue weighted by Gasteiger charge is -2.43. The third-order valence-electron chi connectivity index (χ3n) is 8.39. The van der Waals surface area contributed by atoms with E-state index < -0.39 is 12.1 Å². The van der Waals surface area contributed by atoms with Crippen LogP contribution in [-0.4, -0.2) is 77.1 Å². The fourth-order valence-electron chi connectivity index (χ4n) is 6.34. The van der Waals surface area contributed by atoms with Crippen LogP contribution in [0.15, 0.2) is 24.3 Å². The van der Waals surface area contributed by atoms with Crippen LogP contribution in [0.3, 0.4) is 0 Å². The molecule has 2 N–H and O–H groups in total. The number of rotatable bonds is 4. The number of nitrogens with zero attached hydrogens (tertiary/aromatic N) is 2. The molecule has 1 aromatic rings. The van der Waals surface area contributed by atoms with E-state index in [-0.39, 0.29) is 22.8 Å². The lowest BCUT2D eigenvalue weighted by atomic mass is 9.75. The molecule has 4 aliphatic rings. The molecule has 0 radical (unpaired) electrons. The van der Waals surface area contributed by atoms with Gasteiger partial charge in [-0.2, -0.15) is 13.2 Å². The first-order valence-corrected chi connectivity index (χ1v) is 13.0. The molecule has 4 fully saturated rings. The van der Waals surface area contributed by atoms with Crippen molar-refractivity contribution in [1.82, 2.24) is 15.1 Å². The molecule has 3 heterocycles. The van der Waals surface area contributed by atoms with Crippen molar-refractivity contribution in [2.45, 2.75) is 63.6 Å². The van der Waals surface area contributed by atoms with Crippen LogP contribution in [0.1, 0.15) is 50.7 Å². The Labute approximate surface area is 215 Å². The van der Waals surface area contributed by atoms with Crippen LogP contribution in [0, 0.1) is 24.7 Å². The summed E-state index contributed by atoms with van der Waals surface area (Å²) in [6.45, 7) is 11.1. The second kappa shape index (κ2) is 9.93. The van der Waals surface area contributed by atoms with Gasteiger partial charge in [-0.05, 0) is 44.1 Å². The van der Waals surface area contributed by atoms with Crippen molar-refractivity contribution in [1.29, 1.82) is 0 Å². The number of carboxylic acids is 1. The fourth-order valence-corrected chi connectivity index (χ4v) is 6.34. The van der Waals surface area contributed by atoms with E-state index in [1.54, 1.807) is 0 Å². The van der Waals surface area contributed by atoms with E-state index in [1.807, 2.05) is 0 Å². The molecule has 2 amide bonds. The van der Waals surface area contributed by atoms with E-state index >= 15 is 0 Å². The van der Waals surface area contributed by atoms with E-state index in [9.17, 15) is 22.8 Å². The minimum absolute atomic E-state index is 0.106. The molecule has 1 aliphatic carbocycles. The van der Waals surface area contributed by atoms with Crippen molar-refractivity contribution >= 4 is 17.8 Å². The molecule has 7 nitrogen and oxygen atoms in total. The zero-order chi connectivity index (χ0) is 27.2. The van der Waals surface area contributed by atoms with Crippen LogP contribution in [0.4, 0.5) is 13.2 Å².